The molecule has 0 atom stereocenters. The van der Waals surface area contributed by atoms with Crippen LogP contribution in [-0.4, -0.2) is 22.6 Å². The van der Waals surface area contributed by atoms with E-state index in [0.717, 1.165) is 0 Å². The van der Waals surface area contributed by atoms with Gasteiger partial charge in [-0.1, -0.05) is 23.7 Å². The summed E-state index contributed by atoms with van der Waals surface area (Å²) in [6, 6.07) is 12.8. The number of hydrogen-bond donors (Lipinski definition) is 1. The quantitative estimate of drug-likeness (QED) is 0.502. The molecular formula is C16H11ClO5. The molecular weight excluding hydrogens is 308 g/mol. The maximum absolute atomic E-state index is 12.0. The lowest BCUT2D eigenvalue weighted by molar-refractivity contribution is -0.148. The second-order valence-corrected chi connectivity index (χ2v) is 4.82. The zero-order chi connectivity index (χ0) is 16.1. The van der Waals surface area contributed by atoms with Gasteiger partial charge in [0.1, 0.15) is 11.5 Å². The zero-order valence-corrected chi connectivity index (χ0v) is 12.0. The second-order valence-electron chi connectivity index (χ2n) is 4.38. The third kappa shape index (κ3) is 3.93. The van der Waals surface area contributed by atoms with Gasteiger partial charge in [0.2, 0.25) is 5.78 Å². The molecule has 0 aliphatic rings. The lowest BCUT2D eigenvalue weighted by Crippen LogP contribution is -2.17. The lowest BCUT2D eigenvalue weighted by atomic mass is 10.0. The summed E-state index contributed by atoms with van der Waals surface area (Å²) in [6.07, 6.45) is -0.712. The number of Topliss-reactive ketones (excluding diaryl/α,β-unsaturated/α-hetero) is 2. The Morgan fingerprint density at radius 3 is 2.27 bits per heavy atom. The summed E-state index contributed by atoms with van der Waals surface area (Å²) >= 11 is 5.78. The highest BCUT2D eigenvalue weighted by Crippen LogP contribution is 2.27. The van der Waals surface area contributed by atoms with Crippen molar-refractivity contribution in [2.75, 3.05) is 0 Å². The Bertz CT molecular complexity index is 722. The first-order valence-corrected chi connectivity index (χ1v) is 6.67. The Kier molecular flexibility index (Phi) is 4.91. The van der Waals surface area contributed by atoms with Gasteiger partial charge in [-0.3, -0.25) is 9.59 Å². The van der Waals surface area contributed by atoms with Crippen molar-refractivity contribution in [3.8, 4) is 11.5 Å². The third-order valence-corrected chi connectivity index (χ3v) is 3.04. The molecule has 0 spiro atoms. The number of carbonyl (C=O) groups excluding carboxylic acids is 2. The monoisotopic (exact) mass is 318 g/mol. The van der Waals surface area contributed by atoms with Crippen molar-refractivity contribution in [2.45, 2.75) is 6.42 Å². The average molecular weight is 319 g/mol. The van der Waals surface area contributed by atoms with E-state index < -0.39 is 24.0 Å². The summed E-state index contributed by atoms with van der Waals surface area (Å²) in [5, 5.41) is 9.11. The van der Waals surface area contributed by atoms with Crippen LogP contribution in [0.1, 0.15) is 16.8 Å². The number of benzene rings is 2. The number of para-hydroxylation sites is 1. The predicted octanol–water partition coefficient (Wildman–Crippen LogP) is 3.36. The smallest absolute Gasteiger partial charge is 0.372 e. The summed E-state index contributed by atoms with van der Waals surface area (Å²) in [4.78, 5) is 33.7. The van der Waals surface area contributed by atoms with Gasteiger partial charge in [0.05, 0.1) is 12.0 Å². The fraction of sp³-hybridized carbons (Fsp3) is 0.0625. The Hall–Kier alpha value is -2.66. The number of carboxylic acids is 1. The molecule has 2 aromatic rings. The van der Waals surface area contributed by atoms with E-state index in [1.54, 1.807) is 42.5 Å². The Balaban J connectivity index is 2.23. The van der Waals surface area contributed by atoms with E-state index in [-0.39, 0.29) is 11.3 Å². The number of hydrogen-bond acceptors (Lipinski definition) is 4. The van der Waals surface area contributed by atoms with Crippen LogP contribution in [0.2, 0.25) is 5.02 Å². The molecule has 5 nitrogen and oxygen atoms in total. The van der Waals surface area contributed by atoms with Gasteiger partial charge in [-0.2, -0.15) is 0 Å². The molecule has 0 radical (unpaired) electrons. The molecule has 0 amide bonds. The highest BCUT2D eigenvalue weighted by Gasteiger charge is 2.20. The van der Waals surface area contributed by atoms with Crippen molar-refractivity contribution in [3.05, 3.63) is 59.1 Å². The highest BCUT2D eigenvalue weighted by molar-refractivity contribution is 6.37. The minimum absolute atomic E-state index is 0.145. The van der Waals surface area contributed by atoms with Gasteiger partial charge < -0.3 is 9.84 Å². The van der Waals surface area contributed by atoms with E-state index >= 15 is 0 Å². The maximum atomic E-state index is 12.0. The van der Waals surface area contributed by atoms with E-state index in [4.69, 9.17) is 21.4 Å². The van der Waals surface area contributed by atoms with E-state index in [1.807, 2.05) is 0 Å². The summed E-state index contributed by atoms with van der Waals surface area (Å²) in [6.45, 7) is 0. The maximum Gasteiger partial charge on any atom is 0.372 e. The molecule has 22 heavy (non-hydrogen) atoms. The van der Waals surface area contributed by atoms with Gasteiger partial charge in [-0.05, 0) is 36.4 Å². The van der Waals surface area contributed by atoms with Crippen LogP contribution in [-0.2, 0) is 9.59 Å². The first-order valence-electron chi connectivity index (χ1n) is 6.29. The van der Waals surface area contributed by atoms with E-state index in [0.29, 0.717) is 10.8 Å². The first-order chi connectivity index (χ1) is 10.5. The molecule has 0 saturated heterocycles. The van der Waals surface area contributed by atoms with Crippen molar-refractivity contribution in [1.82, 2.24) is 0 Å². The number of carbonyl (C=O) groups is 3. The molecule has 0 heterocycles. The molecule has 0 saturated carbocycles. The van der Waals surface area contributed by atoms with E-state index in [1.165, 1.54) is 6.07 Å². The van der Waals surface area contributed by atoms with Gasteiger partial charge in [0, 0.05) is 5.02 Å². The summed E-state index contributed by atoms with van der Waals surface area (Å²) in [5.41, 5.74) is 0.145. The van der Waals surface area contributed by atoms with Crippen molar-refractivity contribution in [2.24, 2.45) is 0 Å². The van der Waals surface area contributed by atoms with Crippen LogP contribution in [0.4, 0.5) is 0 Å². The lowest BCUT2D eigenvalue weighted by Gasteiger charge is -2.10. The molecule has 0 unspecified atom stereocenters. The molecule has 6 heteroatoms. The van der Waals surface area contributed by atoms with E-state index in [2.05, 4.69) is 0 Å². The molecule has 0 bridgehead atoms. The van der Waals surface area contributed by atoms with Gasteiger partial charge in [0.15, 0.2) is 5.78 Å². The van der Waals surface area contributed by atoms with Crippen LogP contribution in [0, 0.1) is 0 Å². The van der Waals surface area contributed by atoms with Crippen LogP contribution < -0.4 is 4.74 Å². The molecule has 112 valence electrons. The molecule has 0 fully saturated rings. The topological polar surface area (TPSA) is 80.7 Å². The SMILES string of the molecule is O=C(O)C(=O)CC(=O)c1ccccc1Oc1ccc(Cl)cc1. The van der Waals surface area contributed by atoms with Crippen molar-refractivity contribution in [1.29, 1.82) is 0 Å². The fourth-order valence-corrected chi connectivity index (χ4v) is 1.86. The molecule has 1 N–H and O–H groups in total. The van der Waals surface area contributed by atoms with Crippen LogP contribution in [0.15, 0.2) is 48.5 Å². The second kappa shape index (κ2) is 6.87. The molecule has 2 aromatic carbocycles. The van der Waals surface area contributed by atoms with Crippen LogP contribution in [0.3, 0.4) is 0 Å². The first kappa shape index (κ1) is 15.7. The molecule has 2 rings (SSSR count). The Morgan fingerprint density at radius 1 is 1.00 bits per heavy atom. The summed E-state index contributed by atoms with van der Waals surface area (Å²) in [7, 11) is 0. The minimum Gasteiger partial charge on any atom is -0.475 e. The highest BCUT2D eigenvalue weighted by atomic mass is 35.5. The molecule has 0 aliphatic carbocycles. The number of halogens is 1. The van der Waals surface area contributed by atoms with Crippen molar-refractivity contribution >= 4 is 29.1 Å². The number of aliphatic carboxylic acids is 1. The van der Waals surface area contributed by atoms with Gasteiger partial charge >= 0.3 is 5.97 Å². The number of carboxylic acid groups (broad SMARTS) is 1. The number of rotatable bonds is 6. The fourth-order valence-electron chi connectivity index (χ4n) is 1.73. The van der Waals surface area contributed by atoms with Crippen molar-refractivity contribution in [3.63, 3.8) is 0 Å². The standard InChI is InChI=1S/C16H11ClO5/c17-10-5-7-11(8-6-10)22-15-4-2-1-3-12(15)13(18)9-14(19)16(20)21/h1-8H,9H2,(H,20,21). The van der Waals surface area contributed by atoms with Crippen LogP contribution in [0.5, 0.6) is 11.5 Å². The summed E-state index contributed by atoms with van der Waals surface area (Å²) < 4.78 is 5.59. The van der Waals surface area contributed by atoms with E-state index in [9.17, 15) is 14.4 Å². The number of ether oxygens (including phenoxy) is 1. The molecule has 0 aromatic heterocycles. The van der Waals surface area contributed by atoms with Gasteiger partial charge in [-0.25, -0.2) is 4.79 Å². The largest absolute Gasteiger partial charge is 0.475 e. The third-order valence-electron chi connectivity index (χ3n) is 2.79. The molecule has 0 aliphatic heterocycles. The average Bonchev–Trinajstić information content (AvgIpc) is 2.50. The Morgan fingerprint density at radius 2 is 1.64 bits per heavy atom. The van der Waals surface area contributed by atoms with Crippen LogP contribution in [0.25, 0.3) is 0 Å². The normalized spacial score (nSPS) is 10.0. The van der Waals surface area contributed by atoms with Gasteiger partial charge in [-0.15, -0.1) is 0 Å². The number of ketones is 2. The Labute approximate surface area is 131 Å². The van der Waals surface area contributed by atoms with Crippen LogP contribution >= 0.6 is 11.6 Å². The van der Waals surface area contributed by atoms with Gasteiger partial charge in [0.25, 0.3) is 0 Å². The predicted molar refractivity (Wildman–Crippen MR) is 79.6 cm³/mol. The van der Waals surface area contributed by atoms with Crippen molar-refractivity contribution < 1.29 is 24.2 Å². The zero-order valence-electron chi connectivity index (χ0n) is 11.3. The summed E-state index contributed by atoms with van der Waals surface area (Å²) in [5.74, 6) is -2.70. The minimum atomic E-state index is -1.63.